The summed E-state index contributed by atoms with van der Waals surface area (Å²) < 4.78 is 45.5. The van der Waals surface area contributed by atoms with Crippen LogP contribution in [0.15, 0.2) is 60.7 Å². The Morgan fingerprint density at radius 1 is 0.958 bits per heavy atom. The highest BCUT2D eigenvalue weighted by Crippen LogP contribution is 2.43. The minimum atomic E-state index is -4.39. The van der Waals surface area contributed by atoms with Gasteiger partial charge < -0.3 is 10.5 Å². The molecule has 0 unspecified atom stereocenters. The molecule has 0 amide bonds. The zero-order valence-electron chi connectivity index (χ0n) is 12.5. The van der Waals surface area contributed by atoms with E-state index in [1.165, 1.54) is 0 Å². The Labute approximate surface area is 141 Å². The lowest BCUT2D eigenvalue weighted by Crippen LogP contribution is -2.03. The molecule has 0 radical (unpaired) electrons. The number of ether oxygens (including phenoxy) is 1. The first kappa shape index (κ1) is 16.4. The molecule has 2 aromatic carbocycles. The van der Waals surface area contributed by atoms with Crippen molar-refractivity contribution >= 4 is 17.0 Å². The van der Waals surface area contributed by atoms with Gasteiger partial charge in [0.15, 0.2) is 0 Å². The first-order valence-corrected chi connectivity index (χ1v) is 7.99. The van der Waals surface area contributed by atoms with Crippen molar-refractivity contribution in [2.75, 3.05) is 5.73 Å². The fraction of sp³-hybridized carbons (Fsp3) is 0.111. The van der Waals surface area contributed by atoms with Gasteiger partial charge in [-0.2, -0.15) is 13.2 Å². The number of alkyl halides is 3. The van der Waals surface area contributed by atoms with Crippen LogP contribution in [0.1, 0.15) is 9.75 Å². The van der Waals surface area contributed by atoms with Gasteiger partial charge in [0, 0.05) is 16.1 Å². The van der Waals surface area contributed by atoms with Gasteiger partial charge in [0.25, 0.3) is 0 Å². The monoisotopic (exact) mass is 349 g/mol. The van der Waals surface area contributed by atoms with Crippen LogP contribution in [0.5, 0.6) is 5.75 Å². The summed E-state index contributed by atoms with van der Waals surface area (Å²) in [6.07, 6.45) is -4.39. The lowest BCUT2D eigenvalue weighted by Gasteiger charge is -2.07. The minimum Gasteiger partial charge on any atom is -0.488 e. The molecule has 6 heteroatoms. The highest BCUT2D eigenvalue weighted by Gasteiger charge is 2.36. The Kier molecular flexibility index (Phi) is 4.49. The van der Waals surface area contributed by atoms with E-state index in [0.29, 0.717) is 33.2 Å². The molecule has 3 rings (SSSR count). The summed E-state index contributed by atoms with van der Waals surface area (Å²) in [7, 11) is 0. The summed E-state index contributed by atoms with van der Waals surface area (Å²) in [6.45, 7) is 0.0739. The Bertz CT molecular complexity index is 811. The maximum absolute atomic E-state index is 13.3. The van der Waals surface area contributed by atoms with Crippen LogP contribution < -0.4 is 10.5 Å². The highest BCUT2D eigenvalue weighted by atomic mass is 32.1. The number of hydrogen-bond donors (Lipinski definition) is 1. The van der Waals surface area contributed by atoms with Gasteiger partial charge in [-0.1, -0.05) is 30.3 Å². The van der Waals surface area contributed by atoms with E-state index in [9.17, 15) is 13.2 Å². The normalized spacial score (nSPS) is 11.5. The molecule has 0 fully saturated rings. The maximum Gasteiger partial charge on any atom is 0.426 e. The first-order chi connectivity index (χ1) is 11.4. The molecule has 0 spiro atoms. The Morgan fingerprint density at radius 3 is 2.25 bits per heavy atom. The molecule has 0 aliphatic heterocycles. The second-order valence-corrected chi connectivity index (χ2v) is 6.31. The molecule has 0 saturated heterocycles. The molecule has 0 bridgehead atoms. The van der Waals surface area contributed by atoms with Gasteiger partial charge in [0.2, 0.25) is 0 Å². The number of halogens is 3. The third-order valence-electron chi connectivity index (χ3n) is 3.39. The van der Waals surface area contributed by atoms with Crippen molar-refractivity contribution in [3.63, 3.8) is 0 Å². The summed E-state index contributed by atoms with van der Waals surface area (Å²) in [5.41, 5.74) is 6.92. The van der Waals surface area contributed by atoms with Crippen molar-refractivity contribution in [2.45, 2.75) is 12.8 Å². The van der Waals surface area contributed by atoms with Crippen LogP contribution in [0.4, 0.5) is 18.9 Å². The highest BCUT2D eigenvalue weighted by molar-refractivity contribution is 7.12. The van der Waals surface area contributed by atoms with Crippen molar-refractivity contribution in [1.29, 1.82) is 0 Å². The van der Waals surface area contributed by atoms with Gasteiger partial charge in [0.05, 0.1) is 0 Å². The van der Waals surface area contributed by atoms with Crippen molar-refractivity contribution in [3.05, 3.63) is 70.4 Å². The summed E-state index contributed by atoms with van der Waals surface area (Å²) in [4.78, 5) is -0.0948. The Hall–Kier alpha value is -2.47. The van der Waals surface area contributed by atoms with Crippen molar-refractivity contribution in [3.8, 4) is 16.9 Å². The van der Waals surface area contributed by atoms with Crippen LogP contribution in [0.25, 0.3) is 11.1 Å². The molecule has 0 atom stereocenters. The van der Waals surface area contributed by atoms with Crippen molar-refractivity contribution in [1.82, 2.24) is 0 Å². The third kappa shape index (κ3) is 3.71. The number of benzene rings is 2. The van der Waals surface area contributed by atoms with Crippen LogP contribution >= 0.6 is 11.3 Å². The fourth-order valence-electron chi connectivity index (χ4n) is 2.27. The predicted octanol–water partition coefficient (Wildman–Crippen LogP) is 5.60. The van der Waals surface area contributed by atoms with E-state index in [0.717, 1.165) is 0 Å². The number of thiophene rings is 1. The second-order valence-electron chi connectivity index (χ2n) is 5.18. The molecule has 24 heavy (non-hydrogen) atoms. The minimum absolute atomic E-state index is 0.0739. The smallest absolute Gasteiger partial charge is 0.426 e. The van der Waals surface area contributed by atoms with Crippen LogP contribution in [0, 0.1) is 0 Å². The van der Waals surface area contributed by atoms with Crippen molar-refractivity contribution < 1.29 is 17.9 Å². The lowest BCUT2D eigenvalue weighted by molar-refractivity contribution is -0.133. The topological polar surface area (TPSA) is 35.2 Å². The molecule has 0 aliphatic carbocycles. The standard InChI is InChI=1S/C18H14F3NOS/c19-18(20,21)17-16(12-4-2-1-3-5-12)10-15(24-17)11-23-14-8-6-13(22)7-9-14/h1-10H,11,22H2. The van der Waals surface area contributed by atoms with E-state index < -0.39 is 11.1 Å². The molecule has 0 aliphatic rings. The van der Waals surface area contributed by atoms with E-state index in [-0.39, 0.29) is 12.2 Å². The van der Waals surface area contributed by atoms with Crippen LogP contribution in [0.3, 0.4) is 0 Å². The third-order valence-corrected chi connectivity index (χ3v) is 4.54. The first-order valence-electron chi connectivity index (χ1n) is 7.17. The second kappa shape index (κ2) is 6.57. The average molecular weight is 349 g/mol. The number of nitrogens with two attached hydrogens (primary N) is 1. The van der Waals surface area contributed by atoms with Gasteiger partial charge in [-0.25, -0.2) is 0 Å². The lowest BCUT2D eigenvalue weighted by atomic mass is 10.1. The molecule has 0 saturated carbocycles. The van der Waals surface area contributed by atoms with Crippen LogP contribution in [-0.2, 0) is 12.8 Å². The SMILES string of the molecule is Nc1ccc(OCc2cc(-c3ccccc3)c(C(F)(F)F)s2)cc1. The zero-order chi connectivity index (χ0) is 17.2. The molecule has 1 aromatic heterocycles. The van der Waals surface area contributed by atoms with Gasteiger partial charge in [-0.3, -0.25) is 0 Å². The zero-order valence-corrected chi connectivity index (χ0v) is 13.3. The molecule has 2 N–H and O–H groups in total. The quantitative estimate of drug-likeness (QED) is 0.623. The maximum atomic E-state index is 13.3. The van der Waals surface area contributed by atoms with E-state index >= 15 is 0 Å². The number of rotatable bonds is 4. The number of nitrogen functional groups attached to an aromatic ring is 1. The molecule has 124 valence electrons. The Balaban J connectivity index is 1.87. The van der Waals surface area contributed by atoms with Crippen LogP contribution in [0.2, 0.25) is 0 Å². The van der Waals surface area contributed by atoms with Gasteiger partial charge in [-0.15, -0.1) is 11.3 Å². The molecule has 3 aromatic rings. The molecular formula is C18H14F3NOS. The van der Waals surface area contributed by atoms with Gasteiger partial charge in [-0.05, 0) is 35.9 Å². The summed E-state index contributed by atoms with van der Waals surface area (Å²) in [5, 5.41) is 0. The van der Waals surface area contributed by atoms with Crippen LogP contribution in [-0.4, -0.2) is 0 Å². The number of hydrogen-bond acceptors (Lipinski definition) is 3. The summed E-state index contributed by atoms with van der Waals surface area (Å²) >= 11 is 0.709. The van der Waals surface area contributed by atoms with E-state index in [1.54, 1.807) is 60.7 Å². The number of anilines is 1. The average Bonchev–Trinajstić information content (AvgIpc) is 3.00. The summed E-state index contributed by atoms with van der Waals surface area (Å²) in [6, 6.07) is 16.8. The predicted molar refractivity (Wildman–Crippen MR) is 89.9 cm³/mol. The molecule has 2 nitrogen and oxygen atoms in total. The van der Waals surface area contributed by atoms with E-state index in [1.807, 2.05) is 0 Å². The van der Waals surface area contributed by atoms with E-state index in [2.05, 4.69) is 0 Å². The van der Waals surface area contributed by atoms with Gasteiger partial charge in [0.1, 0.15) is 17.2 Å². The molecule has 1 heterocycles. The van der Waals surface area contributed by atoms with Gasteiger partial charge >= 0.3 is 6.18 Å². The van der Waals surface area contributed by atoms with Crippen molar-refractivity contribution in [2.24, 2.45) is 0 Å². The largest absolute Gasteiger partial charge is 0.488 e. The van der Waals surface area contributed by atoms with E-state index in [4.69, 9.17) is 10.5 Å². The molecular weight excluding hydrogens is 335 g/mol. The fourth-order valence-corrected chi connectivity index (χ4v) is 3.23. The Morgan fingerprint density at radius 2 is 1.62 bits per heavy atom. The summed E-state index contributed by atoms with van der Waals surface area (Å²) in [5.74, 6) is 0.562.